The van der Waals surface area contributed by atoms with Crippen LogP contribution in [-0.4, -0.2) is 18.8 Å². The number of nitriles is 1. The van der Waals surface area contributed by atoms with Gasteiger partial charge in [0.05, 0.1) is 30.4 Å². The highest BCUT2D eigenvalue weighted by molar-refractivity contribution is 6.32. The van der Waals surface area contributed by atoms with Crippen molar-refractivity contribution in [2.24, 2.45) is 0 Å². The fraction of sp³-hybridized carbons (Fsp3) is 0.167. The minimum Gasteiger partial charge on any atom is -0.503 e. The summed E-state index contributed by atoms with van der Waals surface area (Å²) in [5.41, 5.74) is 1.90. The predicted octanol–water partition coefficient (Wildman–Crippen LogP) is 4.52. The molecule has 23 heavy (non-hydrogen) atoms. The largest absolute Gasteiger partial charge is 0.503 e. The summed E-state index contributed by atoms with van der Waals surface area (Å²) >= 11 is 6.01. The number of nitrogens with zero attached hydrogens (tertiary/aromatic N) is 1. The van der Waals surface area contributed by atoms with E-state index in [0.717, 1.165) is 11.3 Å². The first-order chi connectivity index (χ1) is 11.1. The smallest absolute Gasteiger partial charge is 0.176 e. The van der Waals surface area contributed by atoms with Gasteiger partial charge in [-0.05, 0) is 60.5 Å². The van der Waals surface area contributed by atoms with Gasteiger partial charge in [0.25, 0.3) is 0 Å². The van der Waals surface area contributed by atoms with E-state index in [-0.39, 0.29) is 10.8 Å². The summed E-state index contributed by atoms with van der Waals surface area (Å²) in [7, 11) is 1.59. The molecule has 4 nitrogen and oxygen atoms in total. The molecule has 2 aromatic rings. The lowest BCUT2D eigenvalue weighted by molar-refractivity contribution is 0.318. The number of phenolic OH excluding ortho intramolecular Hbond substituents is 1. The Kier molecular flexibility index (Phi) is 5.51. The van der Waals surface area contributed by atoms with E-state index in [1.165, 1.54) is 0 Å². The monoisotopic (exact) mass is 329 g/mol. The molecule has 0 spiro atoms. The Morgan fingerprint density at radius 2 is 2.00 bits per heavy atom. The second-order valence-corrected chi connectivity index (χ2v) is 5.09. The van der Waals surface area contributed by atoms with Gasteiger partial charge in [-0.3, -0.25) is 0 Å². The van der Waals surface area contributed by atoms with Gasteiger partial charge < -0.3 is 14.6 Å². The average molecular weight is 330 g/mol. The van der Waals surface area contributed by atoms with E-state index in [1.807, 2.05) is 6.92 Å². The van der Waals surface area contributed by atoms with Crippen molar-refractivity contribution < 1.29 is 14.6 Å². The normalized spacial score (nSPS) is 11.0. The number of ether oxygens (including phenoxy) is 2. The molecule has 0 saturated heterocycles. The molecule has 0 fully saturated rings. The molecule has 0 aliphatic rings. The van der Waals surface area contributed by atoms with Gasteiger partial charge in [-0.25, -0.2) is 0 Å². The van der Waals surface area contributed by atoms with Crippen LogP contribution in [0.2, 0.25) is 5.02 Å². The third kappa shape index (κ3) is 3.97. The first-order valence-electron chi connectivity index (χ1n) is 7.00. The topological polar surface area (TPSA) is 62.5 Å². The molecular weight excluding hydrogens is 314 g/mol. The van der Waals surface area contributed by atoms with E-state index >= 15 is 0 Å². The van der Waals surface area contributed by atoms with Crippen LogP contribution in [0.5, 0.6) is 17.2 Å². The molecule has 5 heteroatoms. The molecule has 0 bridgehead atoms. The number of halogens is 1. The maximum Gasteiger partial charge on any atom is 0.176 e. The fourth-order valence-corrected chi connectivity index (χ4v) is 2.28. The SMILES string of the molecule is CCOc1cc(/C=C(\C#N)c2ccc(OC)cc2)cc(Cl)c1O. The van der Waals surface area contributed by atoms with Gasteiger partial charge >= 0.3 is 0 Å². The van der Waals surface area contributed by atoms with E-state index in [0.29, 0.717) is 23.5 Å². The molecule has 0 unspecified atom stereocenters. The van der Waals surface area contributed by atoms with E-state index in [9.17, 15) is 10.4 Å². The Morgan fingerprint density at radius 1 is 1.30 bits per heavy atom. The van der Waals surface area contributed by atoms with Gasteiger partial charge in [0.1, 0.15) is 5.75 Å². The highest BCUT2D eigenvalue weighted by Crippen LogP contribution is 2.36. The molecule has 0 saturated carbocycles. The Hall–Kier alpha value is -2.64. The van der Waals surface area contributed by atoms with Gasteiger partial charge in [0, 0.05) is 0 Å². The number of aromatic hydroxyl groups is 1. The highest BCUT2D eigenvalue weighted by Gasteiger charge is 2.10. The van der Waals surface area contributed by atoms with Crippen LogP contribution in [0, 0.1) is 11.3 Å². The quantitative estimate of drug-likeness (QED) is 0.647. The lowest BCUT2D eigenvalue weighted by atomic mass is 10.0. The van der Waals surface area contributed by atoms with Crippen molar-refractivity contribution in [2.75, 3.05) is 13.7 Å². The molecule has 0 aliphatic carbocycles. The molecular formula is C18H16ClNO3. The number of benzene rings is 2. The van der Waals surface area contributed by atoms with Crippen LogP contribution in [-0.2, 0) is 0 Å². The Balaban J connectivity index is 2.43. The zero-order chi connectivity index (χ0) is 16.8. The van der Waals surface area contributed by atoms with Crippen molar-refractivity contribution in [3.8, 4) is 23.3 Å². The van der Waals surface area contributed by atoms with Crippen LogP contribution in [0.15, 0.2) is 36.4 Å². The molecule has 2 aromatic carbocycles. The molecule has 0 radical (unpaired) electrons. The molecule has 1 N–H and O–H groups in total. The summed E-state index contributed by atoms with van der Waals surface area (Å²) in [5, 5.41) is 19.4. The van der Waals surface area contributed by atoms with Crippen LogP contribution in [0.25, 0.3) is 11.6 Å². The zero-order valence-corrected chi connectivity index (χ0v) is 13.6. The number of hydrogen-bond acceptors (Lipinski definition) is 4. The lowest BCUT2D eigenvalue weighted by Crippen LogP contribution is -1.93. The van der Waals surface area contributed by atoms with E-state index < -0.39 is 0 Å². The maximum absolute atomic E-state index is 9.86. The van der Waals surface area contributed by atoms with E-state index in [4.69, 9.17) is 21.1 Å². The Bertz CT molecular complexity index is 761. The van der Waals surface area contributed by atoms with Crippen LogP contribution < -0.4 is 9.47 Å². The summed E-state index contributed by atoms with van der Waals surface area (Å²) in [5.74, 6) is 0.907. The van der Waals surface area contributed by atoms with Crippen LogP contribution >= 0.6 is 11.6 Å². The predicted molar refractivity (Wildman–Crippen MR) is 90.8 cm³/mol. The van der Waals surface area contributed by atoms with Crippen molar-refractivity contribution in [2.45, 2.75) is 6.92 Å². The molecule has 0 aliphatic heterocycles. The zero-order valence-electron chi connectivity index (χ0n) is 12.8. The third-order valence-corrected chi connectivity index (χ3v) is 3.47. The van der Waals surface area contributed by atoms with Gasteiger partial charge in [0.15, 0.2) is 11.5 Å². The lowest BCUT2D eigenvalue weighted by Gasteiger charge is -2.09. The average Bonchev–Trinajstić information content (AvgIpc) is 2.57. The molecule has 0 aromatic heterocycles. The molecule has 2 rings (SSSR count). The van der Waals surface area contributed by atoms with Gasteiger partial charge in [-0.15, -0.1) is 0 Å². The number of rotatable bonds is 5. The minimum atomic E-state index is -0.103. The summed E-state index contributed by atoms with van der Waals surface area (Å²) in [4.78, 5) is 0. The van der Waals surface area contributed by atoms with E-state index in [1.54, 1.807) is 49.6 Å². The fourth-order valence-electron chi connectivity index (χ4n) is 2.06. The standard InChI is InChI=1S/C18H16ClNO3/c1-3-23-17-10-12(9-16(19)18(17)21)8-14(11-20)13-4-6-15(22-2)7-5-13/h4-10,21H,3H2,1-2H3/b14-8+. The summed E-state index contributed by atoms with van der Waals surface area (Å²) < 4.78 is 10.5. The van der Waals surface area contributed by atoms with Crippen molar-refractivity contribution >= 4 is 23.3 Å². The Morgan fingerprint density at radius 3 is 2.57 bits per heavy atom. The minimum absolute atomic E-state index is 0.103. The van der Waals surface area contributed by atoms with Crippen LogP contribution in [0.3, 0.4) is 0 Å². The Labute approximate surface area is 140 Å². The summed E-state index contributed by atoms with van der Waals surface area (Å²) in [6.07, 6.45) is 1.69. The number of methoxy groups -OCH3 is 1. The van der Waals surface area contributed by atoms with Crippen LogP contribution in [0.4, 0.5) is 0 Å². The molecule has 0 amide bonds. The van der Waals surface area contributed by atoms with E-state index in [2.05, 4.69) is 6.07 Å². The first kappa shape index (κ1) is 16.7. The number of phenols is 1. The van der Waals surface area contributed by atoms with Crippen molar-refractivity contribution in [1.29, 1.82) is 5.26 Å². The maximum atomic E-state index is 9.86. The van der Waals surface area contributed by atoms with Gasteiger partial charge in [-0.1, -0.05) is 11.6 Å². The van der Waals surface area contributed by atoms with Crippen LogP contribution in [0.1, 0.15) is 18.1 Å². The van der Waals surface area contributed by atoms with Gasteiger partial charge in [0.2, 0.25) is 0 Å². The van der Waals surface area contributed by atoms with Crippen molar-refractivity contribution in [3.63, 3.8) is 0 Å². The first-order valence-corrected chi connectivity index (χ1v) is 7.38. The second-order valence-electron chi connectivity index (χ2n) is 4.68. The van der Waals surface area contributed by atoms with Crippen molar-refractivity contribution in [1.82, 2.24) is 0 Å². The van der Waals surface area contributed by atoms with Crippen molar-refractivity contribution in [3.05, 3.63) is 52.5 Å². The van der Waals surface area contributed by atoms with Gasteiger partial charge in [-0.2, -0.15) is 5.26 Å². The highest BCUT2D eigenvalue weighted by atomic mass is 35.5. The number of allylic oxidation sites excluding steroid dienone is 1. The molecule has 0 heterocycles. The number of hydrogen-bond donors (Lipinski definition) is 1. The molecule has 118 valence electrons. The molecule has 0 atom stereocenters. The second kappa shape index (κ2) is 7.57. The third-order valence-electron chi connectivity index (χ3n) is 3.18. The summed E-state index contributed by atoms with van der Waals surface area (Å²) in [6, 6.07) is 12.6. The summed E-state index contributed by atoms with van der Waals surface area (Å²) in [6.45, 7) is 2.22.